The molecule has 6 nitrogen and oxygen atoms in total. The van der Waals surface area contributed by atoms with Gasteiger partial charge in [0.25, 0.3) is 0 Å². The van der Waals surface area contributed by atoms with Crippen molar-refractivity contribution in [1.29, 1.82) is 0 Å². The molecule has 2 aliphatic rings. The normalized spacial score (nSPS) is 19.4. The summed E-state index contributed by atoms with van der Waals surface area (Å²) in [6.45, 7) is 7.00. The molecule has 2 aliphatic heterocycles. The molecular weight excluding hydrogens is 399 g/mol. The fourth-order valence-corrected chi connectivity index (χ4v) is 3.79. The highest BCUT2D eigenvalue weighted by atomic mass is 35.5. The lowest BCUT2D eigenvalue weighted by atomic mass is 9.94. The number of piperazine rings is 1. The molecule has 0 aromatic heterocycles. The van der Waals surface area contributed by atoms with E-state index in [0.717, 1.165) is 44.6 Å². The van der Waals surface area contributed by atoms with Crippen LogP contribution in [0.25, 0.3) is 0 Å². The Kier molecular flexibility index (Phi) is 10.2. The van der Waals surface area contributed by atoms with Gasteiger partial charge in [0.05, 0.1) is 12.5 Å². The van der Waals surface area contributed by atoms with Crippen LogP contribution in [0.1, 0.15) is 31.4 Å². The lowest BCUT2D eigenvalue weighted by molar-refractivity contribution is -0.138. The summed E-state index contributed by atoms with van der Waals surface area (Å²) in [7, 11) is 0. The highest BCUT2D eigenvalue weighted by molar-refractivity contribution is 5.85. The van der Waals surface area contributed by atoms with Crippen LogP contribution in [0.15, 0.2) is 30.3 Å². The first-order valence-electron chi connectivity index (χ1n) is 9.65. The van der Waals surface area contributed by atoms with E-state index in [-0.39, 0.29) is 48.6 Å². The number of carbonyl (C=O) groups is 2. The molecule has 0 aliphatic carbocycles. The Hall–Kier alpha value is -1.34. The van der Waals surface area contributed by atoms with E-state index in [1.54, 1.807) is 0 Å². The van der Waals surface area contributed by atoms with Crippen molar-refractivity contribution in [2.45, 2.75) is 25.8 Å². The molecule has 2 saturated heterocycles. The number of carbonyl (C=O) groups excluding carboxylic acids is 2. The first-order chi connectivity index (χ1) is 12.6. The molecule has 2 atom stereocenters. The number of hydrogen-bond donors (Lipinski definition) is 1. The van der Waals surface area contributed by atoms with Gasteiger partial charge in [-0.3, -0.25) is 14.5 Å². The van der Waals surface area contributed by atoms with Crippen LogP contribution < -0.4 is 5.73 Å². The summed E-state index contributed by atoms with van der Waals surface area (Å²) in [5.41, 5.74) is 7.29. The van der Waals surface area contributed by atoms with Crippen molar-refractivity contribution < 1.29 is 9.59 Å². The fraction of sp³-hybridized carbons (Fsp3) is 0.600. The zero-order valence-electron chi connectivity index (χ0n) is 16.5. The van der Waals surface area contributed by atoms with Gasteiger partial charge in [-0.25, -0.2) is 0 Å². The lowest BCUT2D eigenvalue weighted by Crippen LogP contribution is -2.53. The van der Waals surface area contributed by atoms with Crippen LogP contribution in [-0.4, -0.2) is 72.3 Å². The number of rotatable bonds is 5. The largest absolute Gasteiger partial charge is 0.342 e. The maximum absolute atomic E-state index is 12.8. The minimum absolute atomic E-state index is 0. The van der Waals surface area contributed by atoms with Crippen LogP contribution in [0.5, 0.6) is 0 Å². The molecular formula is C20H32Cl2N4O2. The molecule has 2 unspecified atom stereocenters. The van der Waals surface area contributed by atoms with Crippen molar-refractivity contribution in [3.05, 3.63) is 35.9 Å². The Morgan fingerprint density at radius 2 is 1.50 bits per heavy atom. The van der Waals surface area contributed by atoms with Gasteiger partial charge in [-0.1, -0.05) is 37.3 Å². The third-order valence-corrected chi connectivity index (χ3v) is 5.61. The number of nitrogens with zero attached hydrogens (tertiary/aromatic N) is 3. The van der Waals surface area contributed by atoms with Gasteiger partial charge in [0.15, 0.2) is 0 Å². The number of nitrogens with two attached hydrogens (primary N) is 1. The van der Waals surface area contributed by atoms with Crippen LogP contribution >= 0.6 is 24.8 Å². The van der Waals surface area contributed by atoms with Gasteiger partial charge in [0.2, 0.25) is 11.8 Å². The summed E-state index contributed by atoms with van der Waals surface area (Å²) in [6.07, 6.45) is 2.24. The van der Waals surface area contributed by atoms with Gasteiger partial charge in [-0.15, -0.1) is 24.8 Å². The first-order valence-corrected chi connectivity index (χ1v) is 9.65. The predicted molar refractivity (Wildman–Crippen MR) is 116 cm³/mol. The van der Waals surface area contributed by atoms with E-state index in [0.29, 0.717) is 19.6 Å². The van der Waals surface area contributed by atoms with Gasteiger partial charge >= 0.3 is 0 Å². The van der Waals surface area contributed by atoms with Gasteiger partial charge in [-0.05, 0) is 18.4 Å². The molecule has 0 spiro atoms. The Balaban J connectivity index is 0.00000196. The zero-order chi connectivity index (χ0) is 18.5. The Bertz CT molecular complexity index is 618. The maximum atomic E-state index is 12.8. The smallest absolute Gasteiger partial charge is 0.236 e. The molecule has 2 N–H and O–H groups in total. The Morgan fingerprint density at radius 3 is 2.07 bits per heavy atom. The quantitative estimate of drug-likeness (QED) is 0.774. The molecule has 28 heavy (non-hydrogen) atoms. The van der Waals surface area contributed by atoms with E-state index in [9.17, 15) is 9.59 Å². The topological polar surface area (TPSA) is 69.9 Å². The molecule has 8 heteroatoms. The second kappa shape index (κ2) is 11.6. The second-order valence-corrected chi connectivity index (χ2v) is 7.41. The molecule has 0 radical (unpaired) electrons. The van der Waals surface area contributed by atoms with E-state index >= 15 is 0 Å². The summed E-state index contributed by atoms with van der Waals surface area (Å²) >= 11 is 0. The number of amides is 2. The zero-order valence-corrected chi connectivity index (χ0v) is 18.1. The van der Waals surface area contributed by atoms with Crippen molar-refractivity contribution in [3.63, 3.8) is 0 Å². The van der Waals surface area contributed by atoms with Gasteiger partial charge < -0.3 is 15.5 Å². The second-order valence-electron chi connectivity index (χ2n) is 7.41. The van der Waals surface area contributed by atoms with E-state index in [2.05, 4.69) is 4.90 Å². The highest BCUT2D eigenvalue weighted by Crippen LogP contribution is 2.21. The minimum Gasteiger partial charge on any atom is -0.342 e. The SMILES string of the molecule is CC(C(=O)N1CCN(CC(=O)N2CCCC2)CC1)C(N)c1ccccc1.Cl.Cl. The van der Waals surface area contributed by atoms with Crippen LogP contribution in [0.2, 0.25) is 0 Å². The van der Waals surface area contributed by atoms with Crippen LogP contribution in [0.3, 0.4) is 0 Å². The molecule has 2 fully saturated rings. The molecule has 2 amide bonds. The molecule has 1 aromatic carbocycles. The first kappa shape index (κ1) is 24.7. The number of hydrogen-bond acceptors (Lipinski definition) is 4. The lowest BCUT2D eigenvalue weighted by Gasteiger charge is -2.37. The van der Waals surface area contributed by atoms with E-state index in [4.69, 9.17) is 5.73 Å². The number of halogens is 2. The fourth-order valence-electron chi connectivity index (χ4n) is 3.79. The minimum atomic E-state index is -0.293. The molecule has 158 valence electrons. The summed E-state index contributed by atoms with van der Waals surface area (Å²) in [5, 5.41) is 0. The Morgan fingerprint density at radius 1 is 0.929 bits per heavy atom. The molecule has 1 aromatic rings. The van der Waals surface area contributed by atoms with Crippen molar-refractivity contribution in [3.8, 4) is 0 Å². The van der Waals surface area contributed by atoms with Crippen LogP contribution in [0.4, 0.5) is 0 Å². The monoisotopic (exact) mass is 430 g/mol. The van der Waals surface area contributed by atoms with Crippen LogP contribution in [-0.2, 0) is 9.59 Å². The summed E-state index contributed by atoms with van der Waals surface area (Å²) < 4.78 is 0. The van der Waals surface area contributed by atoms with E-state index in [1.807, 2.05) is 47.1 Å². The average Bonchev–Trinajstić information content (AvgIpc) is 3.22. The molecule has 0 saturated carbocycles. The third kappa shape index (κ3) is 6.08. The average molecular weight is 431 g/mol. The highest BCUT2D eigenvalue weighted by Gasteiger charge is 2.30. The third-order valence-electron chi connectivity index (χ3n) is 5.61. The summed E-state index contributed by atoms with van der Waals surface area (Å²) in [5.74, 6) is 0.0730. The van der Waals surface area contributed by atoms with E-state index < -0.39 is 0 Å². The predicted octanol–water partition coefficient (Wildman–Crippen LogP) is 1.93. The Labute approximate surface area is 180 Å². The van der Waals surface area contributed by atoms with Gasteiger partial charge in [0, 0.05) is 45.3 Å². The van der Waals surface area contributed by atoms with Gasteiger partial charge in [-0.2, -0.15) is 0 Å². The van der Waals surface area contributed by atoms with Crippen molar-refractivity contribution in [2.24, 2.45) is 11.7 Å². The van der Waals surface area contributed by atoms with Gasteiger partial charge in [0.1, 0.15) is 0 Å². The van der Waals surface area contributed by atoms with Crippen LogP contribution in [0, 0.1) is 5.92 Å². The standard InChI is InChI=1S/C20H30N4O2.2ClH/c1-16(19(21)17-7-3-2-4-8-17)20(26)24-13-11-22(12-14-24)15-18(25)23-9-5-6-10-23;;/h2-4,7-8,16,19H,5-6,9-15,21H2,1H3;2*1H. The number of benzene rings is 1. The van der Waals surface area contributed by atoms with Crippen molar-refractivity contribution >= 4 is 36.6 Å². The summed E-state index contributed by atoms with van der Waals surface area (Å²) in [4.78, 5) is 31.1. The van der Waals surface area contributed by atoms with Crippen molar-refractivity contribution in [1.82, 2.24) is 14.7 Å². The molecule has 2 heterocycles. The maximum Gasteiger partial charge on any atom is 0.236 e. The molecule has 0 bridgehead atoms. The summed E-state index contributed by atoms with van der Waals surface area (Å²) in [6, 6.07) is 9.49. The van der Waals surface area contributed by atoms with E-state index in [1.165, 1.54) is 0 Å². The number of likely N-dealkylation sites (tertiary alicyclic amines) is 1. The van der Waals surface area contributed by atoms with Crippen molar-refractivity contribution in [2.75, 3.05) is 45.8 Å². The molecule has 3 rings (SSSR count).